The van der Waals surface area contributed by atoms with Gasteiger partial charge in [0.2, 0.25) is 11.1 Å². The van der Waals surface area contributed by atoms with Gasteiger partial charge in [0.15, 0.2) is 0 Å². The molecule has 11 heteroatoms. The molecule has 2 aromatic heterocycles. The number of rotatable bonds is 6. The largest absolute Gasteiger partial charge is 0.326 e. The second-order valence-electron chi connectivity index (χ2n) is 7.01. The molecule has 8 nitrogen and oxygen atoms in total. The molecule has 0 spiro atoms. The number of halogens is 2. The lowest BCUT2D eigenvalue weighted by molar-refractivity contribution is -0.115. The quantitative estimate of drug-likeness (QED) is 0.397. The first-order valence-electron chi connectivity index (χ1n) is 9.60. The summed E-state index contributed by atoms with van der Waals surface area (Å²) in [5.41, 5.74) is 4.69. The Morgan fingerprint density at radius 2 is 1.84 bits per heavy atom. The van der Waals surface area contributed by atoms with Gasteiger partial charge in [-0.05, 0) is 66.9 Å². The van der Waals surface area contributed by atoms with Crippen LogP contribution < -0.4 is 5.32 Å². The number of carbonyl (C=O) groups excluding carboxylic acids is 1. The van der Waals surface area contributed by atoms with Gasteiger partial charge >= 0.3 is 0 Å². The third-order valence-electron chi connectivity index (χ3n) is 4.92. The number of amides is 1. The molecule has 0 aliphatic rings. The number of thioether (sulfide) groups is 1. The summed E-state index contributed by atoms with van der Waals surface area (Å²) >= 11 is 13.6. The van der Waals surface area contributed by atoms with E-state index in [1.807, 2.05) is 50.4 Å². The van der Waals surface area contributed by atoms with Crippen LogP contribution in [0.5, 0.6) is 0 Å². The number of carbonyl (C=O) groups is 1. The normalized spacial score (nSPS) is 11.0. The zero-order valence-corrected chi connectivity index (χ0v) is 19.8. The molecule has 2 heterocycles. The molecule has 2 aromatic carbocycles. The van der Waals surface area contributed by atoms with Crippen molar-refractivity contribution < 1.29 is 4.79 Å². The summed E-state index contributed by atoms with van der Waals surface area (Å²) in [6.07, 6.45) is 2.08. The summed E-state index contributed by atoms with van der Waals surface area (Å²) in [7, 11) is 0. The summed E-state index contributed by atoms with van der Waals surface area (Å²) in [6, 6.07) is 12.7. The highest BCUT2D eigenvalue weighted by atomic mass is 35.5. The highest BCUT2D eigenvalue weighted by Gasteiger charge is 2.17. The average Bonchev–Trinajstić information content (AvgIpc) is 3.36. The molecule has 0 unspecified atom stereocenters. The van der Waals surface area contributed by atoms with Crippen molar-refractivity contribution in [3.05, 3.63) is 69.5 Å². The molecule has 0 aliphatic heterocycles. The summed E-state index contributed by atoms with van der Waals surface area (Å²) < 4.78 is 3.39. The maximum atomic E-state index is 12.8. The first-order valence-corrected chi connectivity index (χ1v) is 11.6. The summed E-state index contributed by atoms with van der Waals surface area (Å²) in [5, 5.41) is 20.8. The van der Waals surface area contributed by atoms with E-state index >= 15 is 0 Å². The van der Waals surface area contributed by atoms with Crippen molar-refractivity contribution in [2.45, 2.75) is 25.4 Å². The molecule has 0 radical (unpaired) electrons. The molecule has 1 amide bonds. The monoisotopic (exact) mass is 487 g/mol. The van der Waals surface area contributed by atoms with Crippen LogP contribution in [0.4, 0.5) is 5.69 Å². The van der Waals surface area contributed by atoms with Gasteiger partial charge in [-0.15, -0.1) is 5.10 Å². The highest BCUT2D eigenvalue weighted by molar-refractivity contribution is 7.98. The zero-order valence-electron chi connectivity index (χ0n) is 17.5. The van der Waals surface area contributed by atoms with Crippen molar-refractivity contribution in [3.8, 4) is 11.4 Å². The van der Waals surface area contributed by atoms with E-state index in [-0.39, 0.29) is 12.3 Å². The lowest BCUT2D eigenvalue weighted by Gasteiger charge is -2.09. The van der Waals surface area contributed by atoms with E-state index in [4.69, 9.17) is 23.2 Å². The first kappa shape index (κ1) is 22.3. The van der Waals surface area contributed by atoms with Crippen LogP contribution in [0.2, 0.25) is 10.0 Å². The molecule has 0 saturated heterocycles. The minimum atomic E-state index is -0.149. The molecule has 32 heavy (non-hydrogen) atoms. The second-order valence-corrected chi connectivity index (χ2v) is 8.60. The third kappa shape index (κ3) is 4.50. The topological polar surface area (TPSA) is 90.5 Å². The van der Waals surface area contributed by atoms with Gasteiger partial charge in [0, 0.05) is 16.9 Å². The zero-order chi connectivity index (χ0) is 22.8. The van der Waals surface area contributed by atoms with E-state index in [9.17, 15) is 4.79 Å². The minimum absolute atomic E-state index is 0.149. The Morgan fingerprint density at radius 1 is 1.06 bits per heavy atom. The number of hydrogen-bond acceptors (Lipinski definition) is 6. The SMILES string of the molecule is CSc1nnnn1-c1cccc(NC(=O)Cc2c(C)nn(-c3ccc(Cl)c(Cl)c3)c2C)c1. The molecule has 0 fully saturated rings. The van der Waals surface area contributed by atoms with Crippen LogP contribution in [0, 0.1) is 13.8 Å². The molecule has 164 valence electrons. The van der Waals surface area contributed by atoms with Crippen LogP contribution in [-0.4, -0.2) is 42.2 Å². The van der Waals surface area contributed by atoms with Crippen molar-refractivity contribution in [2.75, 3.05) is 11.6 Å². The van der Waals surface area contributed by atoms with Crippen LogP contribution in [0.25, 0.3) is 11.4 Å². The van der Waals surface area contributed by atoms with E-state index in [1.54, 1.807) is 21.5 Å². The molecule has 0 bridgehead atoms. The van der Waals surface area contributed by atoms with Crippen molar-refractivity contribution in [3.63, 3.8) is 0 Å². The number of benzene rings is 2. The highest BCUT2D eigenvalue weighted by Crippen LogP contribution is 2.26. The molecular formula is C21H19Cl2N7OS. The average molecular weight is 488 g/mol. The van der Waals surface area contributed by atoms with Crippen molar-refractivity contribution in [1.29, 1.82) is 0 Å². The van der Waals surface area contributed by atoms with Gasteiger partial charge in [-0.1, -0.05) is 41.0 Å². The van der Waals surface area contributed by atoms with E-state index in [0.29, 0.717) is 20.9 Å². The molecule has 0 aliphatic carbocycles. The van der Waals surface area contributed by atoms with Crippen LogP contribution in [-0.2, 0) is 11.2 Å². The standard InChI is InChI=1S/C21H19Cl2N7OS/c1-12-17(13(2)29(26-12)16-7-8-18(22)19(23)10-16)11-20(31)24-14-5-4-6-15(9-14)30-21(32-3)25-27-28-30/h4-10H,11H2,1-3H3,(H,24,31). The number of nitrogens with one attached hydrogen (secondary N) is 1. The predicted molar refractivity (Wildman–Crippen MR) is 126 cm³/mol. The van der Waals surface area contributed by atoms with Gasteiger partial charge in [0.05, 0.1) is 33.5 Å². The Balaban J connectivity index is 1.53. The molecule has 0 atom stereocenters. The van der Waals surface area contributed by atoms with E-state index < -0.39 is 0 Å². The molecule has 4 aromatic rings. The van der Waals surface area contributed by atoms with Crippen LogP contribution in [0.3, 0.4) is 0 Å². The Hall–Kier alpha value is -2.88. The smallest absolute Gasteiger partial charge is 0.228 e. The maximum Gasteiger partial charge on any atom is 0.228 e. The Morgan fingerprint density at radius 3 is 2.59 bits per heavy atom. The van der Waals surface area contributed by atoms with Crippen molar-refractivity contribution >= 4 is 46.6 Å². The Kier molecular flexibility index (Phi) is 6.50. The summed E-state index contributed by atoms with van der Waals surface area (Å²) in [6.45, 7) is 3.80. The number of nitrogens with zero attached hydrogens (tertiary/aromatic N) is 6. The Labute approximate surface area is 198 Å². The number of anilines is 1. The molecule has 1 N–H and O–H groups in total. The van der Waals surface area contributed by atoms with Crippen molar-refractivity contribution in [2.24, 2.45) is 0 Å². The van der Waals surface area contributed by atoms with Gasteiger partial charge in [0.1, 0.15) is 0 Å². The first-order chi connectivity index (χ1) is 15.4. The third-order valence-corrected chi connectivity index (χ3v) is 6.28. The second kappa shape index (κ2) is 9.32. The number of aromatic nitrogens is 6. The summed E-state index contributed by atoms with van der Waals surface area (Å²) in [5.74, 6) is -0.149. The number of aryl methyl sites for hydroxylation is 1. The number of tetrazole rings is 1. The van der Waals surface area contributed by atoms with E-state index in [1.165, 1.54) is 11.8 Å². The van der Waals surface area contributed by atoms with Gasteiger partial charge in [0.25, 0.3) is 0 Å². The number of hydrogen-bond donors (Lipinski definition) is 1. The summed E-state index contributed by atoms with van der Waals surface area (Å²) in [4.78, 5) is 12.8. The molecule has 4 rings (SSSR count). The maximum absolute atomic E-state index is 12.8. The van der Waals surface area contributed by atoms with Crippen LogP contribution >= 0.6 is 35.0 Å². The van der Waals surface area contributed by atoms with Crippen LogP contribution in [0.15, 0.2) is 47.6 Å². The predicted octanol–water partition coefficient (Wildman–Crippen LogP) is 4.67. The van der Waals surface area contributed by atoms with E-state index in [0.717, 1.165) is 28.3 Å². The van der Waals surface area contributed by atoms with Gasteiger partial charge in [-0.3, -0.25) is 4.79 Å². The van der Waals surface area contributed by atoms with Crippen molar-refractivity contribution in [1.82, 2.24) is 30.0 Å². The van der Waals surface area contributed by atoms with Crippen LogP contribution in [0.1, 0.15) is 17.0 Å². The minimum Gasteiger partial charge on any atom is -0.326 e. The fourth-order valence-corrected chi connectivity index (χ4v) is 4.07. The lowest BCUT2D eigenvalue weighted by Crippen LogP contribution is -2.15. The molecular weight excluding hydrogens is 469 g/mol. The Bertz CT molecular complexity index is 1300. The molecule has 0 saturated carbocycles. The lowest BCUT2D eigenvalue weighted by atomic mass is 10.1. The van der Waals surface area contributed by atoms with Gasteiger partial charge < -0.3 is 5.32 Å². The van der Waals surface area contributed by atoms with E-state index in [2.05, 4.69) is 25.9 Å². The van der Waals surface area contributed by atoms with Gasteiger partial charge in [-0.25, -0.2) is 4.68 Å². The fraction of sp³-hybridized carbons (Fsp3) is 0.190. The fourth-order valence-electron chi connectivity index (χ4n) is 3.35. The van der Waals surface area contributed by atoms with Gasteiger partial charge in [-0.2, -0.15) is 9.78 Å².